The number of hydrogen-bond acceptors (Lipinski definition) is 7. The van der Waals surface area contributed by atoms with Crippen LogP contribution in [0, 0.1) is 5.92 Å². The van der Waals surface area contributed by atoms with Crippen LogP contribution in [0.25, 0.3) is 0 Å². The van der Waals surface area contributed by atoms with Gasteiger partial charge in [0.25, 0.3) is 0 Å². The first-order valence-electron chi connectivity index (χ1n) is 14.5. The standard InChI is InChI=1S/C34H40O7/c1-24(29-18-19-29)39-34-33(40-25(2)35)32(38-22-28-16-10-5-11-17-28)31(37-21-27-14-8-4-9-15-27)30(41-34)23-36-20-26-12-6-3-7-13-26/h3-17,24,29-34H,18-23H2,1-2H3/t24-,30+,31+,32-,33-,34-/m0/s1. The fourth-order valence-corrected chi connectivity index (χ4v) is 5.12. The van der Waals surface area contributed by atoms with E-state index in [0.29, 0.717) is 25.7 Å². The molecule has 1 heterocycles. The van der Waals surface area contributed by atoms with Crippen LogP contribution in [0.15, 0.2) is 91.0 Å². The highest BCUT2D eigenvalue weighted by Crippen LogP contribution is 2.37. The fourth-order valence-electron chi connectivity index (χ4n) is 5.12. The molecule has 3 aromatic carbocycles. The Kier molecular flexibility index (Phi) is 10.6. The van der Waals surface area contributed by atoms with E-state index in [9.17, 15) is 4.79 Å². The van der Waals surface area contributed by atoms with Gasteiger partial charge in [0, 0.05) is 6.92 Å². The summed E-state index contributed by atoms with van der Waals surface area (Å²) >= 11 is 0. The van der Waals surface area contributed by atoms with Crippen molar-refractivity contribution in [1.29, 1.82) is 0 Å². The summed E-state index contributed by atoms with van der Waals surface area (Å²) in [5.41, 5.74) is 3.08. The minimum Gasteiger partial charge on any atom is -0.454 e. The van der Waals surface area contributed by atoms with E-state index in [1.54, 1.807) is 0 Å². The molecule has 2 aliphatic rings. The Bertz CT molecular complexity index is 1190. The van der Waals surface area contributed by atoms with Crippen LogP contribution < -0.4 is 0 Å². The Morgan fingerprint density at radius 1 is 0.756 bits per heavy atom. The summed E-state index contributed by atoms with van der Waals surface area (Å²) in [4.78, 5) is 12.4. The topological polar surface area (TPSA) is 72.5 Å². The zero-order valence-corrected chi connectivity index (χ0v) is 23.8. The molecule has 7 nitrogen and oxygen atoms in total. The molecule has 0 N–H and O–H groups in total. The highest BCUT2D eigenvalue weighted by atomic mass is 16.7. The molecular weight excluding hydrogens is 520 g/mol. The quantitative estimate of drug-likeness (QED) is 0.229. The number of rotatable bonds is 14. The van der Waals surface area contributed by atoms with Crippen molar-refractivity contribution in [3.63, 3.8) is 0 Å². The number of benzene rings is 3. The largest absolute Gasteiger partial charge is 0.454 e. The van der Waals surface area contributed by atoms with E-state index in [1.165, 1.54) is 6.92 Å². The van der Waals surface area contributed by atoms with Crippen LogP contribution >= 0.6 is 0 Å². The van der Waals surface area contributed by atoms with Gasteiger partial charge in [0.15, 0.2) is 12.4 Å². The Hall–Kier alpha value is -3.07. The summed E-state index contributed by atoms with van der Waals surface area (Å²) in [6.45, 7) is 4.78. The third kappa shape index (κ3) is 8.71. The molecule has 1 aliphatic heterocycles. The van der Waals surface area contributed by atoms with Crippen LogP contribution in [0.5, 0.6) is 0 Å². The van der Waals surface area contributed by atoms with Gasteiger partial charge < -0.3 is 28.4 Å². The summed E-state index contributed by atoms with van der Waals surface area (Å²) < 4.78 is 38.1. The highest BCUT2D eigenvalue weighted by Gasteiger charge is 2.51. The smallest absolute Gasteiger partial charge is 0.303 e. The van der Waals surface area contributed by atoms with Crippen LogP contribution in [-0.2, 0) is 53.0 Å². The maximum absolute atomic E-state index is 12.4. The third-order valence-corrected chi connectivity index (χ3v) is 7.49. The second-order valence-corrected chi connectivity index (χ2v) is 10.8. The normalized spacial score (nSPS) is 25.0. The monoisotopic (exact) mass is 560 g/mol. The van der Waals surface area contributed by atoms with E-state index in [0.717, 1.165) is 29.5 Å². The van der Waals surface area contributed by atoms with Crippen molar-refractivity contribution in [1.82, 2.24) is 0 Å². The van der Waals surface area contributed by atoms with Crippen LogP contribution in [-0.4, -0.2) is 49.4 Å². The van der Waals surface area contributed by atoms with Crippen LogP contribution in [0.3, 0.4) is 0 Å². The van der Waals surface area contributed by atoms with Gasteiger partial charge >= 0.3 is 5.97 Å². The van der Waals surface area contributed by atoms with Crippen molar-refractivity contribution in [2.24, 2.45) is 5.92 Å². The van der Waals surface area contributed by atoms with Gasteiger partial charge in [-0.15, -0.1) is 0 Å². The lowest BCUT2D eigenvalue weighted by molar-refractivity contribution is -0.329. The first-order valence-corrected chi connectivity index (χ1v) is 14.5. The van der Waals surface area contributed by atoms with E-state index in [2.05, 4.69) is 0 Å². The molecule has 41 heavy (non-hydrogen) atoms. The van der Waals surface area contributed by atoms with Gasteiger partial charge in [-0.1, -0.05) is 91.0 Å². The van der Waals surface area contributed by atoms with Crippen molar-refractivity contribution < 1.29 is 33.2 Å². The molecule has 1 aliphatic carbocycles. The molecule has 3 aromatic rings. The first-order chi connectivity index (χ1) is 20.1. The average Bonchev–Trinajstić information content (AvgIpc) is 3.84. The Morgan fingerprint density at radius 3 is 1.78 bits per heavy atom. The Morgan fingerprint density at radius 2 is 1.27 bits per heavy atom. The van der Waals surface area contributed by atoms with Crippen molar-refractivity contribution in [2.45, 2.75) is 83.3 Å². The third-order valence-electron chi connectivity index (χ3n) is 7.49. The van der Waals surface area contributed by atoms with Gasteiger partial charge in [-0.3, -0.25) is 4.79 Å². The zero-order chi connectivity index (χ0) is 28.4. The molecule has 1 saturated heterocycles. The lowest BCUT2D eigenvalue weighted by Gasteiger charge is -2.46. The molecule has 2 fully saturated rings. The second kappa shape index (κ2) is 14.7. The SMILES string of the molecule is CC(=O)O[C@@H]1[C@@H](O[C@@H](C)C2CC2)O[C@H](COCc2ccccc2)[C@@H](OCc2ccccc2)[C@@H]1OCc1ccccc1. The summed E-state index contributed by atoms with van der Waals surface area (Å²) in [7, 11) is 0. The molecule has 6 atom stereocenters. The lowest BCUT2D eigenvalue weighted by Crippen LogP contribution is -2.62. The van der Waals surface area contributed by atoms with Crippen LogP contribution in [0.2, 0.25) is 0 Å². The van der Waals surface area contributed by atoms with Gasteiger partial charge in [0.1, 0.15) is 18.3 Å². The molecule has 0 bridgehead atoms. The molecule has 0 spiro atoms. The van der Waals surface area contributed by atoms with E-state index < -0.39 is 36.7 Å². The number of carbonyl (C=O) groups excluding carboxylic acids is 1. The Balaban J connectivity index is 1.41. The van der Waals surface area contributed by atoms with Gasteiger partial charge in [-0.2, -0.15) is 0 Å². The van der Waals surface area contributed by atoms with Crippen LogP contribution in [0.1, 0.15) is 43.4 Å². The fraction of sp³-hybridized carbons (Fsp3) is 0.441. The zero-order valence-electron chi connectivity index (χ0n) is 23.8. The van der Waals surface area contributed by atoms with Gasteiger partial charge in [-0.25, -0.2) is 0 Å². The number of ether oxygens (including phenoxy) is 6. The molecule has 218 valence electrons. The molecule has 0 unspecified atom stereocenters. The van der Waals surface area contributed by atoms with Crippen molar-refractivity contribution in [3.05, 3.63) is 108 Å². The van der Waals surface area contributed by atoms with E-state index in [-0.39, 0.29) is 12.7 Å². The van der Waals surface area contributed by atoms with Gasteiger partial charge in [0.2, 0.25) is 0 Å². The average molecular weight is 561 g/mol. The summed E-state index contributed by atoms with van der Waals surface area (Å²) in [5.74, 6) is 0.0419. The van der Waals surface area contributed by atoms with Crippen molar-refractivity contribution in [2.75, 3.05) is 6.61 Å². The molecule has 5 rings (SSSR count). The predicted octanol–water partition coefficient (Wildman–Crippen LogP) is 5.85. The number of carbonyl (C=O) groups is 1. The molecule has 7 heteroatoms. The minimum absolute atomic E-state index is 0.0412. The molecule has 0 amide bonds. The molecular formula is C34H40O7. The van der Waals surface area contributed by atoms with E-state index >= 15 is 0 Å². The highest BCUT2D eigenvalue weighted by molar-refractivity contribution is 5.66. The van der Waals surface area contributed by atoms with E-state index in [1.807, 2.05) is 97.9 Å². The lowest BCUT2D eigenvalue weighted by atomic mass is 9.97. The maximum Gasteiger partial charge on any atom is 0.303 e. The summed E-state index contributed by atoms with van der Waals surface area (Å²) in [6.07, 6.45) is -1.21. The van der Waals surface area contributed by atoms with Crippen molar-refractivity contribution >= 4 is 5.97 Å². The first kappa shape index (κ1) is 29.4. The van der Waals surface area contributed by atoms with Gasteiger partial charge in [-0.05, 0) is 42.4 Å². The minimum atomic E-state index is -0.822. The maximum atomic E-state index is 12.4. The van der Waals surface area contributed by atoms with Crippen molar-refractivity contribution in [3.8, 4) is 0 Å². The number of esters is 1. The molecule has 0 aromatic heterocycles. The van der Waals surface area contributed by atoms with Gasteiger partial charge in [0.05, 0.1) is 32.5 Å². The molecule has 0 radical (unpaired) electrons. The van der Waals surface area contributed by atoms with E-state index in [4.69, 9.17) is 28.4 Å². The number of hydrogen-bond donors (Lipinski definition) is 0. The second-order valence-electron chi connectivity index (χ2n) is 10.8. The predicted molar refractivity (Wildman–Crippen MR) is 154 cm³/mol. The summed E-state index contributed by atoms with van der Waals surface area (Å²) in [5, 5.41) is 0. The Labute approximate surface area is 242 Å². The molecule has 1 saturated carbocycles. The van der Waals surface area contributed by atoms with Crippen LogP contribution in [0.4, 0.5) is 0 Å². The summed E-state index contributed by atoms with van der Waals surface area (Å²) in [6, 6.07) is 29.9.